The largest absolute Gasteiger partial charge is 0.507 e. The highest BCUT2D eigenvalue weighted by molar-refractivity contribution is 7.89. The third-order valence-electron chi connectivity index (χ3n) is 3.34. The van der Waals surface area contributed by atoms with E-state index in [1.165, 1.54) is 30.3 Å². The number of hydrogen-bond acceptors (Lipinski definition) is 4. The Kier molecular flexibility index (Phi) is 6.32. The second kappa shape index (κ2) is 7.80. The maximum absolute atomic E-state index is 12.6. The average Bonchev–Trinajstić information content (AvgIpc) is 2.52. The van der Waals surface area contributed by atoms with Gasteiger partial charge in [-0.15, -0.1) is 0 Å². The molecule has 0 saturated heterocycles. The summed E-state index contributed by atoms with van der Waals surface area (Å²) in [5.41, 5.74) is 5.05. The van der Waals surface area contributed by atoms with Gasteiger partial charge in [-0.3, -0.25) is 4.79 Å². The number of aromatic hydroxyl groups is 1. The SMILES string of the molecule is NC(=O)c1cc(C(NS(=O)(=O)c2ccc(Cl)cc2)C(Cl)(Cl)Cl)ccc1O. The van der Waals surface area contributed by atoms with E-state index in [9.17, 15) is 18.3 Å². The Bertz CT molecular complexity index is 928. The zero-order valence-corrected chi connectivity index (χ0v) is 16.6. The molecule has 6 nitrogen and oxygen atoms in total. The van der Waals surface area contributed by atoms with Gasteiger partial charge in [0, 0.05) is 5.02 Å². The van der Waals surface area contributed by atoms with Gasteiger partial charge in [-0.05, 0) is 42.0 Å². The number of benzene rings is 2. The van der Waals surface area contributed by atoms with Gasteiger partial charge in [-0.25, -0.2) is 8.42 Å². The van der Waals surface area contributed by atoms with Crippen LogP contribution in [-0.4, -0.2) is 23.2 Å². The smallest absolute Gasteiger partial charge is 0.252 e. The van der Waals surface area contributed by atoms with Crippen molar-refractivity contribution in [1.29, 1.82) is 0 Å². The molecule has 11 heteroatoms. The van der Waals surface area contributed by atoms with E-state index in [1.807, 2.05) is 0 Å². The standard InChI is InChI=1S/C15H12Cl4N2O4S/c16-9-2-4-10(5-3-9)26(24,25)21-13(15(17,18)19)8-1-6-12(22)11(7-8)14(20)23/h1-7,13,21-22H,(H2,20,23). The van der Waals surface area contributed by atoms with Crippen LogP contribution in [-0.2, 0) is 10.0 Å². The van der Waals surface area contributed by atoms with Crippen LogP contribution in [0.2, 0.25) is 5.02 Å². The Hall–Kier alpha value is -1.22. The van der Waals surface area contributed by atoms with Crippen LogP contribution in [0.1, 0.15) is 22.0 Å². The second-order valence-corrected chi connectivity index (χ2v) is 9.71. The summed E-state index contributed by atoms with van der Waals surface area (Å²) in [6, 6.07) is 7.59. The molecule has 1 unspecified atom stereocenters. The molecule has 0 aliphatic heterocycles. The highest BCUT2D eigenvalue weighted by Crippen LogP contribution is 2.41. The maximum Gasteiger partial charge on any atom is 0.252 e. The van der Waals surface area contributed by atoms with Crippen LogP contribution in [0.3, 0.4) is 0 Å². The summed E-state index contributed by atoms with van der Waals surface area (Å²) in [5, 5.41) is 10.0. The van der Waals surface area contributed by atoms with Gasteiger partial charge in [0.25, 0.3) is 5.91 Å². The summed E-state index contributed by atoms with van der Waals surface area (Å²) >= 11 is 23.5. The van der Waals surface area contributed by atoms with Gasteiger partial charge in [0.15, 0.2) is 0 Å². The minimum Gasteiger partial charge on any atom is -0.507 e. The monoisotopic (exact) mass is 456 g/mol. The predicted octanol–water partition coefficient (Wildman–Crippen LogP) is 3.53. The molecule has 0 heterocycles. The first-order valence-corrected chi connectivity index (χ1v) is 9.88. The summed E-state index contributed by atoms with van der Waals surface area (Å²) in [7, 11) is -4.09. The summed E-state index contributed by atoms with van der Waals surface area (Å²) in [6.07, 6.45) is 0. The van der Waals surface area contributed by atoms with E-state index in [0.29, 0.717) is 5.02 Å². The lowest BCUT2D eigenvalue weighted by molar-refractivity contribution is 0.0997. The fourth-order valence-electron chi connectivity index (χ4n) is 2.09. The van der Waals surface area contributed by atoms with Crippen molar-refractivity contribution in [3.05, 3.63) is 58.6 Å². The molecule has 26 heavy (non-hydrogen) atoms. The van der Waals surface area contributed by atoms with Crippen molar-refractivity contribution in [3.8, 4) is 5.75 Å². The molecule has 0 spiro atoms. The van der Waals surface area contributed by atoms with Gasteiger partial charge in [-0.2, -0.15) is 4.72 Å². The van der Waals surface area contributed by atoms with Crippen molar-refractivity contribution in [2.24, 2.45) is 5.73 Å². The lowest BCUT2D eigenvalue weighted by Crippen LogP contribution is -2.36. The Morgan fingerprint density at radius 3 is 2.19 bits per heavy atom. The first kappa shape index (κ1) is 21.1. The third kappa shape index (κ3) is 4.94. The molecular formula is C15H12Cl4N2O4S. The second-order valence-electron chi connectivity index (χ2n) is 5.19. The molecule has 0 aliphatic rings. The van der Waals surface area contributed by atoms with Crippen LogP contribution >= 0.6 is 46.4 Å². The van der Waals surface area contributed by atoms with Gasteiger partial charge >= 0.3 is 0 Å². The van der Waals surface area contributed by atoms with E-state index in [2.05, 4.69) is 4.72 Å². The molecule has 4 N–H and O–H groups in total. The Morgan fingerprint density at radius 1 is 1.12 bits per heavy atom. The van der Waals surface area contributed by atoms with Gasteiger partial charge < -0.3 is 10.8 Å². The molecule has 2 aromatic carbocycles. The van der Waals surface area contributed by atoms with Crippen molar-refractivity contribution < 1.29 is 18.3 Å². The molecular weight excluding hydrogens is 446 g/mol. The minimum atomic E-state index is -4.09. The van der Waals surface area contributed by atoms with E-state index in [4.69, 9.17) is 52.1 Å². The van der Waals surface area contributed by atoms with Gasteiger partial charge in [-0.1, -0.05) is 52.5 Å². The number of hydrogen-bond donors (Lipinski definition) is 3. The molecule has 1 atom stereocenters. The maximum atomic E-state index is 12.6. The predicted molar refractivity (Wildman–Crippen MR) is 101 cm³/mol. The minimum absolute atomic E-state index is 0.102. The van der Waals surface area contributed by atoms with E-state index in [1.54, 1.807) is 0 Å². The lowest BCUT2D eigenvalue weighted by atomic mass is 10.0. The molecule has 2 rings (SSSR count). The number of phenols is 1. The molecule has 0 aliphatic carbocycles. The lowest BCUT2D eigenvalue weighted by Gasteiger charge is -2.26. The molecule has 0 bridgehead atoms. The number of carbonyl (C=O) groups excluding carboxylic acids is 1. The third-order valence-corrected chi connectivity index (χ3v) is 5.69. The van der Waals surface area contributed by atoms with E-state index >= 15 is 0 Å². The number of primary amides is 1. The Labute approximate surface area is 169 Å². The van der Waals surface area contributed by atoms with Crippen molar-refractivity contribution in [2.75, 3.05) is 0 Å². The summed E-state index contributed by atoms with van der Waals surface area (Å²) in [6.45, 7) is 0. The highest BCUT2D eigenvalue weighted by Gasteiger charge is 2.38. The number of nitrogens with one attached hydrogen (secondary N) is 1. The van der Waals surface area contributed by atoms with E-state index < -0.39 is 25.8 Å². The quantitative estimate of drug-likeness (QED) is 0.596. The number of nitrogens with two attached hydrogens (primary N) is 1. The first-order chi connectivity index (χ1) is 11.9. The van der Waals surface area contributed by atoms with Crippen LogP contribution in [0, 0.1) is 0 Å². The molecule has 0 radical (unpaired) electrons. The fraction of sp³-hybridized carbons (Fsp3) is 0.133. The van der Waals surface area contributed by atoms with Gasteiger partial charge in [0.1, 0.15) is 5.75 Å². The van der Waals surface area contributed by atoms with Crippen LogP contribution in [0.25, 0.3) is 0 Å². The molecule has 140 valence electrons. The van der Waals surface area contributed by atoms with Crippen LogP contribution < -0.4 is 10.5 Å². The molecule has 0 aromatic heterocycles. The molecule has 0 fully saturated rings. The summed E-state index contributed by atoms with van der Waals surface area (Å²) in [5.74, 6) is -1.31. The number of sulfonamides is 1. The highest BCUT2D eigenvalue weighted by atomic mass is 35.6. The molecule has 2 aromatic rings. The summed E-state index contributed by atoms with van der Waals surface area (Å²) < 4.78 is 25.3. The van der Waals surface area contributed by atoms with Gasteiger partial charge in [0.05, 0.1) is 16.5 Å². The van der Waals surface area contributed by atoms with Crippen molar-refractivity contribution in [1.82, 2.24) is 4.72 Å². The van der Waals surface area contributed by atoms with Gasteiger partial charge in [0.2, 0.25) is 13.8 Å². The number of carbonyl (C=O) groups is 1. The van der Waals surface area contributed by atoms with E-state index in [0.717, 1.165) is 12.1 Å². The summed E-state index contributed by atoms with van der Waals surface area (Å²) in [4.78, 5) is 11.3. The zero-order valence-electron chi connectivity index (χ0n) is 12.8. The number of rotatable bonds is 5. The normalized spacial score (nSPS) is 13.4. The molecule has 1 amide bonds. The Morgan fingerprint density at radius 2 is 1.69 bits per heavy atom. The number of amides is 1. The number of alkyl halides is 3. The number of halogens is 4. The van der Waals surface area contributed by atoms with Crippen LogP contribution in [0.15, 0.2) is 47.4 Å². The van der Waals surface area contributed by atoms with Crippen molar-refractivity contribution in [3.63, 3.8) is 0 Å². The van der Waals surface area contributed by atoms with Crippen LogP contribution in [0.4, 0.5) is 0 Å². The van der Waals surface area contributed by atoms with E-state index in [-0.39, 0.29) is 21.8 Å². The van der Waals surface area contributed by atoms with Crippen LogP contribution in [0.5, 0.6) is 5.75 Å². The first-order valence-electron chi connectivity index (χ1n) is 6.89. The Balaban J connectivity index is 2.48. The van der Waals surface area contributed by atoms with Crippen molar-refractivity contribution in [2.45, 2.75) is 14.7 Å². The molecule has 0 saturated carbocycles. The average molecular weight is 458 g/mol. The topological polar surface area (TPSA) is 109 Å². The fourth-order valence-corrected chi connectivity index (χ4v) is 4.21. The van der Waals surface area contributed by atoms with Crippen molar-refractivity contribution >= 4 is 62.3 Å². The zero-order chi connectivity index (χ0) is 19.7.